The Morgan fingerprint density at radius 3 is 2.94 bits per heavy atom. The number of nitrogens with one attached hydrogen (secondary N) is 1. The van der Waals surface area contributed by atoms with Crippen molar-refractivity contribution in [2.75, 3.05) is 16.8 Å². The van der Waals surface area contributed by atoms with Gasteiger partial charge in [-0.15, -0.1) is 0 Å². The van der Waals surface area contributed by atoms with Crippen LogP contribution >= 0.6 is 11.6 Å². The molecule has 0 amide bonds. The number of hydrogen-bond acceptors (Lipinski definition) is 6. The molecule has 6 nitrogen and oxygen atoms in total. The quantitative estimate of drug-likeness (QED) is 0.749. The van der Waals surface area contributed by atoms with Crippen LogP contribution in [0.2, 0.25) is 5.28 Å². The van der Waals surface area contributed by atoms with Crippen molar-refractivity contribution in [1.29, 1.82) is 0 Å². The molecular weight excluding hydrogens is 252 g/mol. The summed E-state index contributed by atoms with van der Waals surface area (Å²) in [6.45, 7) is 0. The summed E-state index contributed by atoms with van der Waals surface area (Å²) in [6.07, 6.45) is 2.91. The zero-order valence-corrected chi connectivity index (χ0v) is 9.66. The smallest absolute Gasteiger partial charge is 0.224 e. The van der Waals surface area contributed by atoms with Gasteiger partial charge in [0.15, 0.2) is 15.7 Å². The number of anilines is 2. The summed E-state index contributed by atoms with van der Waals surface area (Å²) in [7, 11) is -3.10. The van der Waals surface area contributed by atoms with E-state index in [0.717, 1.165) is 0 Å². The lowest BCUT2D eigenvalue weighted by Crippen LogP contribution is -2.22. The fourth-order valence-electron chi connectivity index (χ4n) is 1.33. The maximum Gasteiger partial charge on any atom is 0.224 e. The molecule has 3 N–H and O–H groups in total. The maximum atomic E-state index is 11.2. The van der Waals surface area contributed by atoms with Crippen LogP contribution in [0, 0.1) is 0 Å². The molecule has 0 saturated heterocycles. The lowest BCUT2D eigenvalue weighted by atomic mass is 10.3. The molecule has 2 rings (SSSR count). The summed E-state index contributed by atoms with van der Waals surface area (Å²) in [5.41, 5.74) is 5.94. The van der Waals surface area contributed by atoms with E-state index >= 15 is 0 Å². The highest BCUT2D eigenvalue weighted by Crippen LogP contribution is 2.19. The predicted molar refractivity (Wildman–Crippen MR) is 61.8 cm³/mol. The number of nitrogens with two attached hydrogens (primary N) is 1. The zero-order chi connectivity index (χ0) is 11.8. The van der Waals surface area contributed by atoms with Gasteiger partial charge in [-0.3, -0.25) is 0 Å². The van der Waals surface area contributed by atoms with Gasteiger partial charge in [0.05, 0.1) is 23.7 Å². The first-order chi connectivity index (χ1) is 7.46. The van der Waals surface area contributed by atoms with Gasteiger partial charge in [0, 0.05) is 5.41 Å². The van der Waals surface area contributed by atoms with Gasteiger partial charge < -0.3 is 11.1 Å². The second-order valence-corrected chi connectivity index (χ2v) is 5.62. The van der Waals surface area contributed by atoms with Crippen molar-refractivity contribution in [2.24, 2.45) is 0 Å². The molecule has 0 aromatic carbocycles. The van der Waals surface area contributed by atoms with E-state index in [-0.39, 0.29) is 17.1 Å². The topological polar surface area (TPSA) is 98.0 Å². The van der Waals surface area contributed by atoms with Crippen LogP contribution in [0.3, 0.4) is 0 Å². The second-order valence-electron chi connectivity index (χ2n) is 3.35. The third kappa shape index (κ3) is 2.42. The second kappa shape index (κ2) is 3.91. The van der Waals surface area contributed by atoms with E-state index in [9.17, 15) is 8.42 Å². The Morgan fingerprint density at radius 1 is 1.56 bits per heavy atom. The van der Waals surface area contributed by atoms with Crippen LogP contribution in [0.5, 0.6) is 0 Å². The molecule has 0 spiro atoms. The average molecular weight is 261 g/mol. The number of aromatic nitrogens is 2. The average Bonchev–Trinajstić information content (AvgIpc) is 2.52. The number of nitrogen functional groups attached to an aromatic ring is 1. The van der Waals surface area contributed by atoms with Crippen molar-refractivity contribution < 1.29 is 8.42 Å². The molecule has 1 unspecified atom stereocenters. The number of hydrogen-bond donors (Lipinski definition) is 2. The van der Waals surface area contributed by atoms with Gasteiger partial charge in [-0.25, -0.2) is 13.4 Å². The van der Waals surface area contributed by atoms with E-state index in [0.29, 0.717) is 11.5 Å². The van der Waals surface area contributed by atoms with Crippen LogP contribution in [-0.2, 0) is 9.84 Å². The van der Waals surface area contributed by atoms with Crippen LogP contribution in [0.25, 0.3) is 0 Å². The van der Waals surface area contributed by atoms with E-state index in [2.05, 4.69) is 15.3 Å². The molecular formula is C8H9ClN4O2S. The van der Waals surface area contributed by atoms with E-state index in [1.807, 2.05) is 0 Å². The van der Waals surface area contributed by atoms with Crippen molar-refractivity contribution in [3.05, 3.63) is 23.0 Å². The zero-order valence-electron chi connectivity index (χ0n) is 8.09. The highest BCUT2D eigenvalue weighted by molar-refractivity contribution is 7.94. The van der Waals surface area contributed by atoms with Gasteiger partial charge in [0.2, 0.25) is 5.28 Å². The van der Waals surface area contributed by atoms with Crippen LogP contribution in [0.4, 0.5) is 11.5 Å². The number of sulfone groups is 1. The van der Waals surface area contributed by atoms with Gasteiger partial charge in [-0.2, -0.15) is 4.98 Å². The first kappa shape index (κ1) is 11.2. The Morgan fingerprint density at radius 2 is 2.31 bits per heavy atom. The normalized spacial score (nSPS) is 22.2. The molecule has 0 radical (unpaired) electrons. The minimum absolute atomic E-state index is 0.00589. The maximum absolute atomic E-state index is 11.2. The van der Waals surface area contributed by atoms with Crippen LogP contribution < -0.4 is 11.1 Å². The van der Waals surface area contributed by atoms with Gasteiger partial charge in [0.25, 0.3) is 0 Å². The summed E-state index contributed by atoms with van der Waals surface area (Å²) in [5.74, 6) is 0.334. The standard InChI is InChI=1S/C8H9ClN4O2S/c9-8-11-3-6(10)7(13-8)12-5-1-2-16(14,15)4-5/h1-3,5H,4,10H2,(H,11,12,13). The molecule has 16 heavy (non-hydrogen) atoms. The summed E-state index contributed by atoms with van der Waals surface area (Å²) in [6, 6.07) is -0.335. The van der Waals surface area contributed by atoms with E-state index < -0.39 is 9.84 Å². The third-order valence-electron chi connectivity index (χ3n) is 2.04. The Kier molecular flexibility index (Phi) is 2.73. The molecule has 1 atom stereocenters. The van der Waals surface area contributed by atoms with Crippen LogP contribution in [0.15, 0.2) is 17.7 Å². The molecule has 86 valence electrons. The van der Waals surface area contributed by atoms with Gasteiger partial charge >= 0.3 is 0 Å². The molecule has 0 saturated carbocycles. The minimum Gasteiger partial charge on any atom is -0.394 e. The molecule has 1 aromatic rings. The monoisotopic (exact) mass is 260 g/mol. The van der Waals surface area contributed by atoms with Crippen molar-refractivity contribution in [3.8, 4) is 0 Å². The fraction of sp³-hybridized carbons (Fsp3) is 0.250. The van der Waals surface area contributed by atoms with Gasteiger partial charge in [-0.1, -0.05) is 0 Å². The first-order valence-electron chi connectivity index (χ1n) is 4.42. The van der Waals surface area contributed by atoms with Crippen molar-refractivity contribution >= 4 is 32.9 Å². The first-order valence-corrected chi connectivity index (χ1v) is 6.51. The molecule has 1 aliphatic heterocycles. The summed E-state index contributed by atoms with van der Waals surface area (Å²) < 4.78 is 22.3. The highest BCUT2D eigenvalue weighted by atomic mass is 35.5. The van der Waals surface area contributed by atoms with E-state index in [4.69, 9.17) is 17.3 Å². The number of halogens is 1. The third-order valence-corrected chi connectivity index (χ3v) is 3.62. The lowest BCUT2D eigenvalue weighted by Gasteiger charge is -2.12. The van der Waals surface area contributed by atoms with E-state index in [1.165, 1.54) is 11.6 Å². The molecule has 0 fully saturated rings. The highest BCUT2D eigenvalue weighted by Gasteiger charge is 2.22. The Balaban J connectivity index is 2.17. The number of rotatable bonds is 2. The molecule has 0 aliphatic carbocycles. The summed E-state index contributed by atoms with van der Waals surface area (Å²) in [4.78, 5) is 7.57. The molecule has 1 aromatic heterocycles. The van der Waals surface area contributed by atoms with E-state index in [1.54, 1.807) is 6.08 Å². The van der Waals surface area contributed by atoms with Crippen LogP contribution in [-0.4, -0.2) is 30.2 Å². The van der Waals surface area contributed by atoms with Gasteiger partial charge in [-0.05, 0) is 17.7 Å². The van der Waals surface area contributed by atoms with Crippen molar-refractivity contribution in [1.82, 2.24) is 9.97 Å². The minimum atomic E-state index is -3.10. The molecule has 1 aliphatic rings. The van der Waals surface area contributed by atoms with Crippen molar-refractivity contribution in [3.63, 3.8) is 0 Å². The summed E-state index contributed by atoms with van der Waals surface area (Å²) in [5, 5.41) is 4.11. The SMILES string of the molecule is Nc1cnc(Cl)nc1NC1C=CS(=O)(=O)C1. The largest absolute Gasteiger partial charge is 0.394 e. The Hall–Kier alpha value is -1.34. The fourth-order valence-corrected chi connectivity index (χ4v) is 2.70. The van der Waals surface area contributed by atoms with Crippen LogP contribution in [0.1, 0.15) is 0 Å². The van der Waals surface area contributed by atoms with Crippen molar-refractivity contribution in [2.45, 2.75) is 6.04 Å². The lowest BCUT2D eigenvalue weighted by molar-refractivity contribution is 0.605. The Labute approximate surface area is 97.5 Å². The predicted octanol–water partition coefficient (Wildman–Crippen LogP) is 0.435. The molecule has 2 heterocycles. The molecule has 0 bridgehead atoms. The van der Waals surface area contributed by atoms with Gasteiger partial charge in [0.1, 0.15) is 0 Å². The Bertz CT molecular complexity index is 543. The number of nitrogens with zero attached hydrogens (tertiary/aromatic N) is 2. The molecule has 8 heteroatoms. The summed E-state index contributed by atoms with van der Waals surface area (Å²) >= 11 is 5.60.